The summed E-state index contributed by atoms with van der Waals surface area (Å²) in [5, 5.41) is 3.29. The van der Waals surface area contributed by atoms with E-state index in [0.29, 0.717) is 17.8 Å². The summed E-state index contributed by atoms with van der Waals surface area (Å²) >= 11 is 0. The van der Waals surface area contributed by atoms with E-state index in [-0.39, 0.29) is 11.5 Å². The molecule has 4 N–H and O–H groups in total. The van der Waals surface area contributed by atoms with Gasteiger partial charge < -0.3 is 16.0 Å². The Morgan fingerprint density at radius 3 is 2.74 bits per heavy atom. The number of rotatable bonds is 4. The number of H-pyrrole nitrogens is 1. The summed E-state index contributed by atoms with van der Waals surface area (Å²) in [5.74, 6) is 2.29. The Hall–Kier alpha value is -1.36. The fourth-order valence-electron chi connectivity index (χ4n) is 2.48. The van der Waals surface area contributed by atoms with Gasteiger partial charge in [0.1, 0.15) is 11.6 Å². The summed E-state index contributed by atoms with van der Waals surface area (Å²) in [6.07, 6.45) is 4.53. The van der Waals surface area contributed by atoms with E-state index in [0.717, 1.165) is 38.1 Å². The Balaban J connectivity index is 1.94. The number of anilines is 1. The third-order valence-corrected chi connectivity index (χ3v) is 3.77. The molecule has 0 saturated heterocycles. The molecule has 1 aromatic heterocycles. The monoisotopic (exact) mass is 264 g/mol. The highest BCUT2D eigenvalue weighted by molar-refractivity contribution is 5.33. The fraction of sp³-hybridized carbons (Fsp3) is 0.714. The third-order valence-electron chi connectivity index (χ3n) is 3.77. The maximum atomic E-state index is 11.6. The molecule has 5 nitrogen and oxygen atoms in total. The van der Waals surface area contributed by atoms with E-state index in [2.05, 4.69) is 15.3 Å². The van der Waals surface area contributed by atoms with Gasteiger partial charge in [-0.15, -0.1) is 0 Å². The van der Waals surface area contributed by atoms with Crippen LogP contribution in [0, 0.1) is 5.92 Å². The molecule has 0 radical (unpaired) electrons. The molecule has 0 aromatic carbocycles. The number of hydrogen-bond acceptors (Lipinski definition) is 4. The molecule has 1 aliphatic rings. The summed E-state index contributed by atoms with van der Waals surface area (Å²) < 4.78 is 0. The van der Waals surface area contributed by atoms with Crippen LogP contribution < -0.4 is 16.6 Å². The van der Waals surface area contributed by atoms with Gasteiger partial charge in [-0.25, -0.2) is 4.98 Å². The van der Waals surface area contributed by atoms with Gasteiger partial charge >= 0.3 is 0 Å². The highest BCUT2D eigenvalue weighted by atomic mass is 16.1. The predicted molar refractivity (Wildman–Crippen MR) is 77.4 cm³/mol. The lowest BCUT2D eigenvalue weighted by Crippen LogP contribution is -2.29. The Kier molecular flexibility index (Phi) is 4.58. The number of aromatic amines is 1. The van der Waals surface area contributed by atoms with Crippen molar-refractivity contribution >= 4 is 5.82 Å². The normalized spacial score (nSPS) is 23.6. The molecule has 0 bridgehead atoms. The van der Waals surface area contributed by atoms with Gasteiger partial charge in [0, 0.05) is 24.6 Å². The van der Waals surface area contributed by atoms with E-state index in [1.807, 2.05) is 13.8 Å². The number of nitrogens with two attached hydrogens (primary N) is 1. The third kappa shape index (κ3) is 4.06. The van der Waals surface area contributed by atoms with Crippen molar-refractivity contribution in [3.8, 4) is 0 Å². The second-order valence-electron chi connectivity index (χ2n) is 5.83. The Morgan fingerprint density at radius 2 is 2.11 bits per heavy atom. The lowest BCUT2D eigenvalue weighted by Gasteiger charge is -2.26. The molecular formula is C14H24N4O. The highest BCUT2D eigenvalue weighted by Crippen LogP contribution is 2.23. The lowest BCUT2D eigenvalue weighted by atomic mass is 9.86. The molecule has 0 amide bonds. The summed E-state index contributed by atoms with van der Waals surface area (Å²) in [6, 6.07) is 1.90. The lowest BCUT2D eigenvalue weighted by molar-refractivity contribution is 0.338. The second kappa shape index (κ2) is 6.19. The molecule has 19 heavy (non-hydrogen) atoms. The average molecular weight is 264 g/mol. The topological polar surface area (TPSA) is 83.8 Å². The minimum absolute atomic E-state index is 0.0909. The number of nitrogens with one attached hydrogen (secondary N) is 2. The number of aromatic nitrogens is 2. The zero-order valence-electron chi connectivity index (χ0n) is 11.8. The molecule has 0 unspecified atom stereocenters. The van der Waals surface area contributed by atoms with Crippen LogP contribution in [0.4, 0.5) is 5.82 Å². The quantitative estimate of drug-likeness (QED) is 0.774. The van der Waals surface area contributed by atoms with Gasteiger partial charge in [-0.2, -0.15) is 0 Å². The SMILES string of the molecule is CC(C)c1nc(NCC2CCC(N)CC2)cc(=O)[nH]1. The van der Waals surface area contributed by atoms with E-state index >= 15 is 0 Å². The van der Waals surface area contributed by atoms with E-state index < -0.39 is 0 Å². The van der Waals surface area contributed by atoms with Crippen molar-refractivity contribution in [2.45, 2.75) is 51.5 Å². The Morgan fingerprint density at radius 1 is 1.42 bits per heavy atom. The molecule has 1 aliphatic carbocycles. The fourth-order valence-corrected chi connectivity index (χ4v) is 2.48. The van der Waals surface area contributed by atoms with Gasteiger partial charge in [-0.1, -0.05) is 13.8 Å². The van der Waals surface area contributed by atoms with Crippen LogP contribution in [0.25, 0.3) is 0 Å². The smallest absolute Gasteiger partial charge is 0.252 e. The molecule has 2 rings (SSSR count). The van der Waals surface area contributed by atoms with Crippen LogP contribution in [-0.2, 0) is 0 Å². The molecule has 0 atom stereocenters. The highest BCUT2D eigenvalue weighted by Gasteiger charge is 2.18. The Bertz CT molecular complexity index is 461. The number of nitrogens with zero attached hydrogens (tertiary/aromatic N) is 1. The molecule has 1 heterocycles. The van der Waals surface area contributed by atoms with E-state index in [9.17, 15) is 4.79 Å². The van der Waals surface area contributed by atoms with Gasteiger partial charge in [0.05, 0.1) is 0 Å². The van der Waals surface area contributed by atoms with Crippen molar-refractivity contribution < 1.29 is 0 Å². The van der Waals surface area contributed by atoms with E-state index in [1.165, 1.54) is 6.07 Å². The van der Waals surface area contributed by atoms with Crippen LogP contribution in [0.15, 0.2) is 10.9 Å². The van der Waals surface area contributed by atoms with E-state index in [4.69, 9.17) is 5.73 Å². The molecule has 1 aromatic rings. The molecule has 0 spiro atoms. The molecule has 106 valence electrons. The van der Waals surface area contributed by atoms with Crippen molar-refractivity contribution in [1.82, 2.24) is 9.97 Å². The molecule has 0 aliphatic heterocycles. The van der Waals surface area contributed by atoms with Gasteiger partial charge in [-0.05, 0) is 31.6 Å². The first kappa shape index (κ1) is 14.1. The maximum Gasteiger partial charge on any atom is 0.252 e. The predicted octanol–water partition coefficient (Wildman–Crippen LogP) is 1.82. The molecular weight excluding hydrogens is 240 g/mol. The zero-order valence-corrected chi connectivity index (χ0v) is 11.8. The maximum absolute atomic E-state index is 11.6. The van der Waals surface area contributed by atoms with Crippen LogP contribution in [0.1, 0.15) is 51.3 Å². The average Bonchev–Trinajstić information content (AvgIpc) is 2.37. The minimum atomic E-state index is -0.0909. The van der Waals surface area contributed by atoms with Gasteiger partial charge in [0.25, 0.3) is 5.56 Å². The first-order chi connectivity index (χ1) is 9.04. The Labute approximate surface area is 114 Å². The summed E-state index contributed by atoms with van der Waals surface area (Å²) in [4.78, 5) is 18.8. The van der Waals surface area contributed by atoms with Crippen LogP contribution in [0.5, 0.6) is 0 Å². The van der Waals surface area contributed by atoms with Crippen molar-refractivity contribution in [1.29, 1.82) is 0 Å². The van der Waals surface area contributed by atoms with Crippen molar-refractivity contribution in [3.05, 3.63) is 22.2 Å². The van der Waals surface area contributed by atoms with Crippen LogP contribution >= 0.6 is 0 Å². The van der Waals surface area contributed by atoms with Gasteiger partial charge in [-0.3, -0.25) is 4.79 Å². The second-order valence-corrected chi connectivity index (χ2v) is 5.83. The molecule has 5 heteroatoms. The van der Waals surface area contributed by atoms with Crippen LogP contribution in [0.2, 0.25) is 0 Å². The van der Waals surface area contributed by atoms with Crippen molar-refractivity contribution in [2.75, 3.05) is 11.9 Å². The molecule has 1 saturated carbocycles. The van der Waals surface area contributed by atoms with Crippen LogP contribution in [0.3, 0.4) is 0 Å². The first-order valence-corrected chi connectivity index (χ1v) is 7.15. The summed E-state index contributed by atoms with van der Waals surface area (Å²) in [5.41, 5.74) is 5.81. The van der Waals surface area contributed by atoms with Crippen molar-refractivity contribution in [3.63, 3.8) is 0 Å². The van der Waals surface area contributed by atoms with Gasteiger partial charge in [0.15, 0.2) is 0 Å². The summed E-state index contributed by atoms with van der Waals surface area (Å²) in [7, 11) is 0. The largest absolute Gasteiger partial charge is 0.370 e. The van der Waals surface area contributed by atoms with E-state index in [1.54, 1.807) is 0 Å². The zero-order chi connectivity index (χ0) is 13.8. The van der Waals surface area contributed by atoms with Crippen LogP contribution in [-0.4, -0.2) is 22.6 Å². The van der Waals surface area contributed by atoms with Crippen molar-refractivity contribution in [2.24, 2.45) is 11.7 Å². The number of hydrogen-bond donors (Lipinski definition) is 3. The summed E-state index contributed by atoms with van der Waals surface area (Å²) in [6.45, 7) is 4.91. The standard InChI is InChI=1S/C14H24N4O/c1-9(2)14-17-12(7-13(19)18-14)16-8-10-3-5-11(15)6-4-10/h7,9-11H,3-6,8,15H2,1-2H3,(H2,16,17,18,19). The van der Waals surface area contributed by atoms with Gasteiger partial charge in [0.2, 0.25) is 0 Å². The minimum Gasteiger partial charge on any atom is -0.370 e. The molecule has 1 fully saturated rings. The first-order valence-electron chi connectivity index (χ1n) is 7.15.